The Morgan fingerprint density at radius 2 is 2.27 bits per heavy atom. The first kappa shape index (κ1) is 8.47. The van der Waals surface area contributed by atoms with Crippen LogP contribution in [-0.2, 0) is 6.42 Å². The zero-order chi connectivity index (χ0) is 8.27. The van der Waals surface area contributed by atoms with Crippen molar-refractivity contribution in [3.8, 4) is 6.07 Å². The molecule has 0 bridgehead atoms. The molecule has 0 aliphatic rings. The number of hydrogen-bond donors (Lipinski definition) is 0. The minimum Gasteiger partial charge on any atom is -0.206 e. The van der Waals surface area contributed by atoms with Crippen molar-refractivity contribution >= 4 is 22.6 Å². The molecule has 0 fully saturated rings. The minimum atomic E-state index is -0.252. The second kappa shape index (κ2) is 3.67. The van der Waals surface area contributed by atoms with E-state index in [2.05, 4.69) is 0 Å². The molecule has 0 unspecified atom stereocenters. The van der Waals surface area contributed by atoms with Crippen molar-refractivity contribution in [1.29, 1.82) is 5.26 Å². The van der Waals surface area contributed by atoms with Gasteiger partial charge in [0.15, 0.2) is 0 Å². The highest BCUT2D eigenvalue weighted by atomic mass is 127. The fourth-order valence-corrected chi connectivity index (χ4v) is 1.08. The molecule has 1 rings (SSSR count). The highest BCUT2D eigenvalue weighted by molar-refractivity contribution is 14.1. The highest BCUT2D eigenvalue weighted by Gasteiger charge is 1.98. The lowest BCUT2D eigenvalue weighted by Gasteiger charge is -1.95. The van der Waals surface area contributed by atoms with Crippen molar-refractivity contribution in [2.45, 2.75) is 6.42 Å². The molecule has 0 radical (unpaired) electrons. The average Bonchev–Trinajstić information content (AvgIpc) is 1.98. The van der Waals surface area contributed by atoms with Crippen LogP contribution < -0.4 is 0 Å². The largest absolute Gasteiger partial charge is 0.206 e. The fraction of sp³-hybridized carbons (Fsp3) is 0.125. The molecule has 1 aromatic rings. The summed E-state index contributed by atoms with van der Waals surface area (Å²) in [5.41, 5.74) is 0.727. The Balaban J connectivity index is 2.98. The van der Waals surface area contributed by atoms with Gasteiger partial charge >= 0.3 is 0 Å². The van der Waals surface area contributed by atoms with Crippen LogP contribution in [0.4, 0.5) is 4.39 Å². The maximum atomic E-state index is 12.8. The molecule has 0 aromatic heterocycles. The van der Waals surface area contributed by atoms with Gasteiger partial charge in [-0.15, -0.1) is 0 Å². The van der Waals surface area contributed by atoms with Crippen LogP contribution in [0.25, 0.3) is 0 Å². The minimum absolute atomic E-state index is 0.252. The molecule has 0 spiro atoms. The third-order valence-corrected chi connectivity index (χ3v) is 2.14. The lowest BCUT2D eigenvalue weighted by Crippen LogP contribution is -1.86. The first-order chi connectivity index (χ1) is 5.24. The number of nitriles is 1. The van der Waals surface area contributed by atoms with Crippen LogP contribution in [-0.4, -0.2) is 0 Å². The molecule has 0 N–H and O–H groups in total. The Morgan fingerprint density at radius 1 is 1.55 bits per heavy atom. The van der Waals surface area contributed by atoms with E-state index >= 15 is 0 Å². The van der Waals surface area contributed by atoms with Crippen LogP contribution in [0.3, 0.4) is 0 Å². The van der Waals surface area contributed by atoms with Crippen molar-refractivity contribution < 1.29 is 4.39 Å². The van der Waals surface area contributed by atoms with Crippen LogP contribution in [0.1, 0.15) is 5.56 Å². The first-order valence-electron chi connectivity index (χ1n) is 3.05. The zero-order valence-corrected chi connectivity index (χ0v) is 7.80. The van der Waals surface area contributed by atoms with Crippen LogP contribution in [0.2, 0.25) is 0 Å². The average molecular weight is 261 g/mol. The zero-order valence-electron chi connectivity index (χ0n) is 5.64. The monoisotopic (exact) mass is 261 g/mol. The molecular weight excluding hydrogens is 256 g/mol. The molecule has 11 heavy (non-hydrogen) atoms. The predicted molar refractivity (Wildman–Crippen MR) is 48.4 cm³/mol. The van der Waals surface area contributed by atoms with Crippen LogP contribution in [0.15, 0.2) is 18.2 Å². The van der Waals surface area contributed by atoms with Gasteiger partial charge in [-0.25, -0.2) is 4.39 Å². The maximum absolute atomic E-state index is 12.8. The van der Waals surface area contributed by atoms with E-state index in [4.69, 9.17) is 5.26 Å². The van der Waals surface area contributed by atoms with Crippen LogP contribution in [0.5, 0.6) is 0 Å². The molecule has 0 aliphatic carbocycles. The lowest BCUT2D eigenvalue weighted by atomic mass is 10.2. The Bertz CT molecular complexity index is 303. The van der Waals surface area contributed by atoms with Crippen LogP contribution >= 0.6 is 22.6 Å². The van der Waals surface area contributed by atoms with E-state index in [1.807, 2.05) is 28.7 Å². The van der Waals surface area contributed by atoms with Gasteiger partial charge in [0.2, 0.25) is 0 Å². The molecule has 0 saturated carbocycles. The summed E-state index contributed by atoms with van der Waals surface area (Å²) in [6.45, 7) is 0. The van der Waals surface area contributed by atoms with E-state index in [1.54, 1.807) is 12.1 Å². The Labute approximate surface area is 78.0 Å². The third-order valence-electron chi connectivity index (χ3n) is 1.27. The van der Waals surface area contributed by atoms with Crippen molar-refractivity contribution in [1.82, 2.24) is 0 Å². The maximum Gasteiger partial charge on any atom is 0.136 e. The summed E-state index contributed by atoms with van der Waals surface area (Å²) in [4.78, 5) is 0. The van der Waals surface area contributed by atoms with Crippen molar-refractivity contribution in [2.24, 2.45) is 0 Å². The van der Waals surface area contributed by atoms with Gasteiger partial charge in [0.25, 0.3) is 0 Å². The molecule has 56 valence electrons. The van der Waals surface area contributed by atoms with E-state index in [0.717, 1.165) is 5.56 Å². The summed E-state index contributed by atoms with van der Waals surface area (Å²) >= 11 is 1.91. The van der Waals surface area contributed by atoms with Gasteiger partial charge in [-0.05, 0) is 40.3 Å². The van der Waals surface area contributed by atoms with Gasteiger partial charge in [0.05, 0.1) is 12.5 Å². The number of rotatable bonds is 1. The summed E-state index contributed by atoms with van der Waals surface area (Å²) in [6, 6.07) is 6.78. The standard InChI is InChI=1S/C8H5FIN/c9-7-5-6(3-4-11)1-2-8(7)10/h1-2,5H,3H2. The van der Waals surface area contributed by atoms with E-state index in [1.165, 1.54) is 6.07 Å². The fourth-order valence-electron chi connectivity index (χ4n) is 0.741. The molecular formula is C8H5FIN. The van der Waals surface area contributed by atoms with Crippen LogP contribution in [0, 0.1) is 20.7 Å². The van der Waals surface area contributed by atoms with E-state index in [-0.39, 0.29) is 12.2 Å². The van der Waals surface area contributed by atoms with Gasteiger partial charge in [-0.2, -0.15) is 5.26 Å². The molecule has 0 heterocycles. The van der Waals surface area contributed by atoms with Gasteiger partial charge in [0, 0.05) is 3.57 Å². The molecule has 3 heteroatoms. The lowest BCUT2D eigenvalue weighted by molar-refractivity contribution is 0.618. The quantitative estimate of drug-likeness (QED) is 0.712. The summed E-state index contributed by atoms with van der Waals surface area (Å²) in [5.74, 6) is -0.252. The summed E-state index contributed by atoms with van der Waals surface area (Å²) < 4.78 is 13.4. The molecule has 1 aromatic carbocycles. The number of nitrogens with zero attached hydrogens (tertiary/aromatic N) is 1. The smallest absolute Gasteiger partial charge is 0.136 e. The van der Waals surface area contributed by atoms with Crippen molar-refractivity contribution in [3.05, 3.63) is 33.1 Å². The Morgan fingerprint density at radius 3 is 2.82 bits per heavy atom. The number of halogens is 2. The molecule has 1 nitrogen and oxygen atoms in total. The summed E-state index contributed by atoms with van der Waals surface area (Å²) in [7, 11) is 0. The van der Waals surface area contributed by atoms with Gasteiger partial charge < -0.3 is 0 Å². The van der Waals surface area contributed by atoms with Crippen molar-refractivity contribution in [2.75, 3.05) is 0 Å². The topological polar surface area (TPSA) is 23.8 Å². The molecule has 0 amide bonds. The second-order valence-electron chi connectivity index (χ2n) is 2.08. The normalized spacial score (nSPS) is 9.18. The Kier molecular flexibility index (Phi) is 2.83. The molecule has 0 atom stereocenters. The predicted octanol–water partition coefficient (Wildman–Crippen LogP) is 2.50. The van der Waals surface area contributed by atoms with Gasteiger partial charge in [-0.1, -0.05) is 6.07 Å². The SMILES string of the molecule is N#CCc1ccc(I)c(F)c1. The highest BCUT2D eigenvalue weighted by Crippen LogP contribution is 2.12. The van der Waals surface area contributed by atoms with E-state index in [9.17, 15) is 4.39 Å². The number of benzene rings is 1. The Hall–Kier alpha value is -0.630. The third kappa shape index (κ3) is 2.15. The van der Waals surface area contributed by atoms with E-state index < -0.39 is 0 Å². The van der Waals surface area contributed by atoms with E-state index in [0.29, 0.717) is 3.57 Å². The van der Waals surface area contributed by atoms with Crippen molar-refractivity contribution in [3.63, 3.8) is 0 Å². The first-order valence-corrected chi connectivity index (χ1v) is 4.13. The molecule has 0 saturated heterocycles. The summed E-state index contributed by atoms with van der Waals surface area (Å²) in [6.07, 6.45) is 0.272. The number of hydrogen-bond acceptors (Lipinski definition) is 1. The second-order valence-corrected chi connectivity index (χ2v) is 3.25. The molecule has 0 aliphatic heterocycles. The van der Waals surface area contributed by atoms with Gasteiger partial charge in [-0.3, -0.25) is 0 Å². The summed E-state index contributed by atoms with van der Waals surface area (Å²) in [5, 5.41) is 8.31. The van der Waals surface area contributed by atoms with Gasteiger partial charge in [0.1, 0.15) is 5.82 Å².